The molecule has 100 valence electrons. The maximum Gasteiger partial charge on any atom is 0.225 e. The first kappa shape index (κ1) is 10.6. The number of fused-ring (bicyclic) bond motifs is 2. The van der Waals surface area contributed by atoms with Gasteiger partial charge in [-0.2, -0.15) is 0 Å². The average Bonchev–Trinajstić information content (AvgIpc) is 2.95. The molecule has 0 radical (unpaired) electrons. The number of nitrogens with one attached hydrogen (secondary N) is 1. The van der Waals surface area contributed by atoms with Gasteiger partial charge in [0, 0.05) is 17.7 Å². The number of benzene rings is 2. The van der Waals surface area contributed by atoms with E-state index in [1.165, 1.54) is 5.56 Å². The monoisotopic (exact) mass is 265 g/mol. The fourth-order valence-electron chi connectivity index (χ4n) is 4.01. The standard InChI is InChI=1S/C17H15NO2/c1-2-7-13-12(6-1)16-10-5-11-17(16,18-13)20-15-9-4-3-8-14(15)19-16/h1-4,6-9,18H,5,10-11H2. The van der Waals surface area contributed by atoms with Crippen molar-refractivity contribution in [2.45, 2.75) is 30.6 Å². The highest BCUT2D eigenvalue weighted by Gasteiger charge is 2.67. The Bertz CT molecular complexity index is 714. The van der Waals surface area contributed by atoms with E-state index in [1.807, 2.05) is 24.3 Å². The van der Waals surface area contributed by atoms with Gasteiger partial charge in [-0.3, -0.25) is 0 Å². The van der Waals surface area contributed by atoms with Gasteiger partial charge in [0.1, 0.15) is 0 Å². The lowest BCUT2D eigenvalue weighted by molar-refractivity contribution is -0.101. The second-order valence-electron chi connectivity index (χ2n) is 5.83. The second kappa shape index (κ2) is 3.29. The van der Waals surface area contributed by atoms with Gasteiger partial charge in [-0.05, 0) is 31.0 Å². The van der Waals surface area contributed by atoms with Gasteiger partial charge in [0.25, 0.3) is 0 Å². The number of anilines is 1. The zero-order chi connectivity index (χ0) is 13.2. The molecule has 0 aromatic heterocycles. The molecule has 2 atom stereocenters. The Morgan fingerprint density at radius 1 is 0.850 bits per heavy atom. The molecule has 2 unspecified atom stereocenters. The van der Waals surface area contributed by atoms with Crippen LogP contribution in [0.4, 0.5) is 5.69 Å². The third kappa shape index (κ3) is 1.04. The predicted octanol–water partition coefficient (Wildman–Crippen LogP) is 3.66. The molecule has 2 heterocycles. The first-order chi connectivity index (χ1) is 9.83. The number of para-hydroxylation sites is 3. The van der Waals surface area contributed by atoms with Gasteiger partial charge in [-0.1, -0.05) is 30.3 Å². The van der Waals surface area contributed by atoms with Crippen LogP contribution in [0, 0.1) is 0 Å². The SMILES string of the molecule is c1ccc2c(c1)NC13CCCC21Oc1ccccc1O3. The molecule has 2 aromatic carbocycles. The van der Waals surface area contributed by atoms with Crippen molar-refractivity contribution >= 4 is 5.69 Å². The molecular weight excluding hydrogens is 250 g/mol. The van der Waals surface area contributed by atoms with Gasteiger partial charge in [0.15, 0.2) is 17.1 Å². The molecule has 1 fully saturated rings. The maximum atomic E-state index is 6.50. The van der Waals surface area contributed by atoms with E-state index in [2.05, 4.69) is 29.6 Å². The fourth-order valence-corrected chi connectivity index (χ4v) is 4.01. The Balaban J connectivity index is 1.77. The Labute approximate surface area is 117 Å². The van der Waals surface area contributed by atoms with Crippen LogP contribution in [-0.4, -0.2) is 5.72 Å². The molecule has 2 aliphatic heterocycles. The van der Waals surface area contributed by atoms with Crippen LogP contribution >= 0.6 is 0 Å². The van der Waals surface area contributed by atoms with Crippen molar-refractivity contribution in [3.05, 3.63) is 54.1 Å². The first-order valence-corrected chi connectivity index (χ1v) is 7.18. The van der Waals surface area contributed by atoms with Crippen LogP contribution in [0.5, 0.6) is 11.5 Å². The maximum absolute atomic E-state index is 6.50. The lowest BCUT2D eigenvalue weighted by Gasteiger charge is -2.44. The van der Waals surface area contributed by atoms with Gasteiger partial charge >= 0.3 is 0 Å². The average molecular weight is 265 g/mol. The number of hydrogen-bond donors (Lipinski definition) is 1. The molecule has 0 amide bonds. The molecule has 3 nitrogen and oxygen atoms in total. The summed E-state index contributed by atoms with van der Waals surface area (Å²) in [5, 5.41) is 3.60. The number of ether oxygens (including phenoxy) is 2. The van der Waals surface area contributed by atoms with E-state index in [4.69, 9.17) is 9.47 Å². The van der Waals surface area contributed by atoms with E-state index in [-0.39, 0.29) is 5.60 Å². The van der Waals surface area contributed by atoms with Gasteiger partial charge in [-0.15, -0.1) is 0 Å². The minimum absolute atomic E-state index is 0.377. The smallest absolute Gasteiger partial charge is 0.225 e. The summed E-state index contributed by atoms with van der Waals surface area (Å²) in [6.45, 7) is 0. The molecule has 2 aromatic rings. The lowest BCUT2D eigenvalue weighted by atomic mass is 9.88. The summed E-state index contributed by atoms with van der Waals surface area (Å²) < 4.78 is 12.9. The van der Waals surface area contributed by atoms with Crippen LogP contribution in [0.1, 0.15) is 24.8 Å². The molecule has 1 aliphatic carbocycles. The van der Waals surface area contributed by atoms with E-state index in [0.29, 0.717) is 0 Å². The molecule has 1 N–H and O–H groups in total. The van der Waals surface area contributed by atoms with Crippen molar-refractivity contribution in [1.29, 1.82) is 0 Å². The molecule has 3 aliphatic rings. The van der Waals surface area contributed by atoms with E-state index in [9.17, 15) is 0 Å². The van der Waals surface area contributed by atoms with Gasteiger partial charge in [0.05, 0.1) is 0 Å². The molecule has 20 heavy (non-hydrogen) atoms. The highest BCUT2D eigenvalue weighted by molar-refractivity contribution is 5.65. The summed E-state index contributed by atoms with van der Waals surface area (Å²) in [6, 6.07) is 16.4. The quantitative estimate of drug-likeness (QED) is 0.788. The number of rotatable bonds is 0. The zero-order valence-electron chi connectivity index (χ0n) is 11.1. The van der Waals surface area contributed by atoms with E-state index >= 15 is 0 Å². The third-order valence-electron chi connectivity index (χ3n) is 4.83. The topological polar surface area (TPSA) is 30.5 Å². The van der Waals surface area contributed by atoms with Crippen LogP contribution in [0.2, 0.25) is 0 Å². The zero-order valence-corrected chi connectivity index (χ0v) is 11.1. The van der Waals surface area contributed by atoms with Crippen molar-refractivity contribution in [3.63, 3.8) is 0 Å². The molecule has 0 saturated heterocycles. The second-order valence-corrected chi connectivity index (χ2v) is 5.83. The Hall–Kier alpha value is -2.16. The Kier molecular flexibility index (Phi) is 1.74. The number of hydrogen-bond acceptors (Lipinski definition) is 3. The van der Waals surface area contributed by atoms with Crippen molar-refractivity contribution in [2.75, 3.05) is 5.32 Å². The fraction of sp³-hybridized carbons (Fsp3) is 0.294. The largest absolute Gasteiger partial charge is 0.472 e. The van der Waals surface area contributed by atoms with Crippen molar-refractivity contribution in [2.24, 2.45) is 0 Å². The summed E-state index contributed by atoms with van der Waals surface area (Å²) in [6.07, 6.45) is 3.07. The normalized spacial score (nSPS) is 32.0. The summed E-state index contributed by atoms with van der Waals surface area (Å²) in [5.74, 6) is 1.69. The Morgan fingerprint density at radius 2 is 1.60 bits per heavy atom. The first-order valence-electron chi connectivity index (χ1n) is 7.18. The summed E-state index contributed by atoms with van der Waals surface area (Å²) in [4.78, 5) is 0. The Morgan fingerprint density at radius 3 is 2.50 bits per heavy atom. The van der Waals surface area contributed by atoms with Crippen LogP contribution in [0.25, 0.3) is 0 Å². The van der Waals surface area contributed by atoms with E-state index < -0.39 is 5.72 Å². The molecule has 1 saturated carbocycles. The minimum atomic E-state index is -0.439. The molecule has 5 rings (SSSR count). The van der Waals surface area contributed by atoms with Crippen molar-refractivity contribution < 1.29 is 9.47 Å². The van der Waals surface area contributed by atoms with Gasteiger partial charge in [0.2, 0.25) is 5.72 Å². The minimum Gasteiger partial charge on any atom is -0.472 e. The predicted molar refractivity (Wildman–Crippen MR) is 76.0 cm³/mol. The highest BCUT2D eigenvalue weighted by Crippen LogP contribution is 2.61. The summed E-state index contributed by atoms with van der Waals surface area (Å²) in [5.41, 5.74) is 1.55. The van der Waals surface area contributed by atoms with E-state index in [1.54, 1.807) is 0 Å². The van der Waals surface area contributed by atoms with Crippen LogP contribution in [0.15, 0.2) is 48.5 Å². The summed E-state index contributed by atoms with van der Waals surface area (Å²) >= 11 is 0. The van der Waals surface area contributed by atoms with Crippen LogP contribution in [-0.2, 0) is 5.60 Å². The lowest BCUT2D eigenvalue weighted by Crippen LogP contribution is -2.58. The van der Waals surface area contributed by atoms with Crippen LogP contribution in [0.3, 0.4) is 0 Å². The van der Waals surface area contributed by atoms with E-state index in [0.717, 1.165) is 36.4 Å². The third-order valence-corrected chi connectivity index (χ3v) is 4.83. The van der Waals surface area contributed by atoms with Crippen molar-refractivity contribution in [3.8, 4) is 11.5 Å². The van der Waals surface area contributed by atoms with Gasteiger partial charge < -0.3 is 14.8 Å². The van der Waals surface area contributed by atoms with Gasteiger partial charge in [-0.25, -0.2) is 0 Å². The highest BCUT2D eigenvalue weighted by atomic mass is 16.6. The molecule has 3 heteroatoms. The molecule has 0 bridgehead atoms. The summed E-state index contributed by atoms with van der Waals surface area (Å²) in [7, 11) is 0. The molecule has 0 spiro atoms. The van der Waals surface area contributed by atoms with Crippen LogP contribution < -0.4 is 14.8 Å². The van der Waals surface area contributed by atoms with Crippen molar-refractivity contribution in [1.82, 2.24) is 0 Å². The molecular formula is C17H15NO2.